The zero-order chi connectivity index (χ0) is 24.1. The van der Waals surface area contributed by atoms with Crippen LogP contribution in [0, 0.1) is 11.8 Å². The Kier molecular flexibility index (Phi) is 7.50. The largest absolute Gasteiger partial charge is 0.481 e. The Labute approximate surface area is 199 Å². The monoisotopic (exact) mass is 464 g/mol. The summed E-state index contributed by atoms with van der Waals surface area (Å²) >= 11 is 0. The van der Waals surface area contributed by atoms with Gasteiger partial charge in [-0.15, -0.1) is 0 Å². The highest BCUT2D eigenvalue weighted by Gasteiger charge is 2.32. The van der Waals surface area contributed by atoms with E-state index >= 15 is 0 Å². The molecule has 0 bridgehead atoms. The molecule has 0 heterocycles. The minimum atomic E-state index is -0.775. The van der Waals surface area contributed by atoms with Crippen molar-refractivity contribution in [2.45, 2.75) is 51.0 Å². The van der Waals surface area contributed by atoms with Crippen molar-refractivity contribution in [3.8, 4) is 11.1 Å². The van der Waals surface area contributed by atoms with Crippen LogP contribution in [0.25, 0.3) is 11.1 Å². The minimum Gasteiger partial charge on any atom is -0.481 e. The van der Waals surface area contributed by atoms with Crippen molar-refractivity contribution in [3.05, 3.63) is 59.7 Å². The number of benzene rings is 2. The maximum Gasteiger partial charge on any atom is 0.407 e. The van der Waals surface area contributed by atoms with Crippen LogP contribution in [0.1, 0.15) is 56.1 Å². The standard InChI is InChI=1S/C27H32N2O5/c1-2-7-24(26(32)28-15-18-12-17(13-18)14-25(30)31)29-27(33)34-16-23-21-10-5-3-8-19(21)20-9-4-6-11-22(20)23/h3-6,8-11,17-18,23-24H,2,7,12-16H2,1H3,(H,28,32)(H,29,33)(H,30,31)/t17?,18?,24-/m0/s1. The Morgan fingerprint density at radius 3 is 2.21 bits per heavy atom. The maximum atomic E-state index is 12.7. The van der Waals surface area contributed by atoms with Crippen molar-refractivity contribution in [1.29, 1.82) is 0 Å². The van der Waals surface area contributed by atoms with Gasteiger partial charge < -0.3 is 20.5 Å². The van der Waals surface area contributed by atoms with Crippen molar-refractivity contribution in [1.82, 2.24) is 10.6 Å². The van der Waals surface area contributed by atoms with Gasteiger partial charge in [0.1, 0.15) is 12.6 Å². The van der Waals surface area contributed by atoms with E-state index in [1.807, 2.05) is 31.2 Å². The molecule has 3 N–H and O–H groups in total. The van der Waals surface area contributed by atoms with Gasteiger partial charge in [-0.2, -0.15) is 0 Å². The van der Waals surface area contributed by atoms with E-state index < -0.39 is 18.1 Å². The number of carboxylic acids is 1. The van der Waals surface area contributed by atoms with Crippen LogP contribution >= 0.6 is 0 Å². The molecule has 0 radical (unpaired) electrons. The Balaban J connectivity index is 1.28. The molecule has 1 saturated carbocycles. The number of amides is 2. The number of carbonyl (C=O) groups excluding carboxylic acids is 2. The van der Waals surface area contributed by atoms with Crippen LogP contribution in [0.3, 0.4) is 0 Å². The molecular weight excluding hydrogens is 432 g/mol. The van der Waals surface area contributed by atoms with Gasteiger partial charge in [0, 0.05) is 18.9 Å². The molecule has 2 aliphatic rings. The lowest BCUT2D eigenvalue weighted by molar-refractivity contribution is -0.139. The molecule has 2 aliphatic carbocycles. The average molecular weight is 465 g/mol. The first-order valence-electron chi connectivity index (χ1n) is 12.1. The number of alkyl carbamates (subject to hydrolysis) is 1. The Bertz CT molecular complexity index is 1000. The number of fused-ring (bicyclic) bond motifs is 3. The number of aliphatic carboxylic acids is 1. The van der Waals surface area contributed by atoms with E-state index in [2.05, 4.69) is 34.9 Å². The lowest BCUT2D eigenvalue weighted by Crippen LogP contribution is -2.49. The fourth-order valence-corrected chi connectivity index (χ4v) is 5.16. The van der Waals surface area contributed by atoms with E-state index in [1.54, 1.807) is 0 Å². The molecule has 4 rings (SSSR count). The predicted molar refractivity (Wildman–Crippen MR) is 128 cm³/mol. The van der Waals surface area contributed by atoms with Crippen LogP contribution in [-0.4, -0.2) is 42.3 Å². The number of hydrogen-bond donors (Lipinski definition) is 3. The molecule has 7 nitrogen and oxygen atoms in total. The Morgan fingerprint density at radius 1 is 1.00 bits per heavy atom. The summed E-state index contributed by atoms with van der Waals surface area (Å²) in [6.07, 6.45) is 2.47. The minimum absolute atomic E-state index is 0.0334. The topological polar surface area (TPSA) is 105 Å². The van der Waals surface area contributed by atoms with Crippen LogP contribution in [0.2, 0.25) is 0 Å². The zero-order valence-electron chi connectivity index (χ0n) is 19.5. The molecule has 7 heteroatoms. The highest BCUT2D eigenvalue weighted by atomic mass is 16.5. The number of carboxylic acid groups (broad SMARTS) is 1. The SMILES string of the molecule is CCC[C@H](NC(=O)OCC1c2ccccc2-c2ccccc21)C(=O)NCC1CC(CC(=O)O)C1. The molecule has 2 aromatic rings. The second kappa shape index (κ2) is 10.7. The predicted octanol–water partition coefficient (Wildman–Crippen LogP) is 4.31. The maximum absolute atomic E-state index is 12.7. The summed E-state index contributed by atoms with van der Waals surface area (Å²) < 4.78 is 5.59. The molecule has 0 aliphatic heterocycles. The van der Waals surface area contributed by atoms with Crippen LogP contribution < -0.4 is 10.6 Å². The van der Waals surface area contributed by atoms with Gasteiger partial charge in [-0.1, -0.05) is 61.9 Å². The van der Waals surface area contributed by atoms with Crippen LogP contribution in [0.4, 0.5) is 4.79 Å². The molecule has 0 spiro atoms. The second-order valence-electron chi connectivity index (χ2n) is 9.36. The van der Waals surface area contributed by atoms with Crippen LogP contribution in [0.5, 0.6) is 0 Å². The van der Waals surface area contributed by atoms with Crippen LogP contribution in [0.15, 0.2) is 48.5 Å². The van der Waals surface area contributed by atoms with Gasteiger partial charge in [0.2, 0.25) is 5.91 Å². The first-order chi connectivity index (χ1) is 16.5. The summed E-state index contributed by atoms with van der Waals surface area (Å²) in [4.78, 5) is 36.1. The quantitative estimate of drug-likeness (QED) is 0.486. The van der Waals surface area contributed by atoms with E-state index in [0.717, 1.165) is 41.5 Å². The fourth-order valence-electron chi connectivity index (χ4n) is 5.16. The fraction of sp³-hybridized carbons (Fsp3) is 0.444. The van der Waals surface area contributed by atoms with E-state index in [0.29, 0.717) is 18.9 Å². The smallest absolute Gasteiger partial charge is 0.407 e. The van der Waals surface area contributed by atoms with E-state index in [-0.39, 0.29) is 30.8 Å². The van der Waals surface area contributed by atoms with Gasteiger partial charge in [-0.25, -0.2) is 4.79 Å². The van der Waals surface area contributed by atoms with Gasteiger partial charge in [-0.3, -0.25) is 9.59 Å². The summed E-state index contributed by atoms with van der Waals surface area (Å²) in [5, 5.41) is 14.5. The van der Waals surface area contributed by atoms with Crippen molar-refractivity contribution < 1.29 is 24.2 Å². The van der Waals surface area contributed by atoms with Gasteiger partial charge in [-0.05, 0) is 53.4 Å². The van der Waals surface area contributed by atoms with Crippen molar-refractivity contribution >= 4 is 18.0 Å². The van der Waals surface area contributed by atoms with Gasteiger partial charge in [0.25, 0.3) is 0 Å². The third-order valence-corrected chi connectivity index (χ3v) is 6.89. The molecular formula is C27H32N2O5. The van der Waals surface area contributed by atoms with Crippen molar-refractivity contribution in [2.75, 3.05) is 13.2 Å². The number of rotatable bonds is 10. The van der Waals surface area contributed by atoms with Crippen molar-refractivity contribution in [2.24, 2.45) is 11.8 Å². The van der Waals surface area contributed by atoms with Gasteiger partial charge >= 0.3 is 12.1 Å². The van der Waals surface area contributed by atoms with E-state index in [9.17, 15) is 14.4 Å². The number of nitrogens with one attached hydrogen (secondary N) is 2. The first kappa shape index (κ1) is 23.8. The van der Waals surface area contributed by atoms with E-state index in [4.69, 9.17) is 9.84 Å². The summed E-state index contributed by atoms with van der Waals surface area (Å²) in [6.45, 7) is 2.66. The lowest BCUT2D eigenvalue weighted by Gasteiger charge is -2.34. The molecule has 180 valence electrons. The normalized spacial score (nSPS) is 19.3. The summed E-state index contributed by atoms with van der Waals surface area (Å²) in [5.74, 6) is -0.538. The van der Waals surface area contributed by atoms with Gasteiger partial charge in [0.15, 0.2) is 0 Å². The molecule has 2 amide bonds. The number of carbonyl (C=O) groups is 3. The molecule has 2 aromatic carbocycles. The zero-order valence-corrected chi connectivity index (χ0v) is 19.5. The summed E-state index contributed by atoms with van der Waals surface area (Å²) in [6, 6.07) is 15.6. The average Bonchev–Trinajstić information content (AvgIpc) is 3.12. The number of hydrogen-bond acceptors (Lipinski definition) is 4. The first-order valence-corrected chi connectivity index (χ1v) is 12.1. The number of ether oxygens (including phenoxy) is 1. The molecule has 1 fully saturated rings. The summed E-state index contributed by atoms with van der Waals surface area (Å²) in [5.41, 5.74) is 4.61. The third-order valence-electron chi connectivity index (χ3n) is 6.89. The van der Waals surface area contributed by atoms with E-state index in [1.165, 1.54) is 0 Å². The molecule has 34 heavy (non-hydrogen) atoms. The summed E-state index contributed by atoms with van der Waals surface area (Å²) in [7, 11) is 0. The third kappa shape index (κ3) is 5.41. The van der Waals surface area contributed by atoms with Gasteiger partial charge in [0.05, 0.1) is 0 Å². The van der Waals surface area contributed by atoms with Crippen LogP contribution in [-0.2, 0) is 14.3 Å². The van der Waals surface area contributed by atoms with Crippen molar-refractivity contribution in [3.63, 3.8) is 0 Å². The Hall–Kier alpha value is -3.35. The molecule has 0 saturated heterocycles. The highest BCUT2D eigenvalue weighted by molar-refractivity contribution is 5.85. The Morgan fingerprint density at radius 2 is 1.62 bits per heavy atom. The lowest BCUT2D eigenvalue weighted by atomic mass is 9.73. The second-order valence-corrected chi connectivity index (χ2v) is 9.36. The molecule has 0 aromatic heterocycles. The molecule has 0 unspecified atom stereocenters. The highest BCUT2D eigenvalue weighted by Crippen LogP contribution is 2.44. The molecule has 1 atom stereocenters.